The third kappa shape index (κ3) is 4.36. The van der Waals surface area contributed by atoms with Gasteiger partial charge in [-0.2, -0.15) is 0 Å². The predicted molar refractivity (Wildman–Crippen MR) is 67.5 cm³/mol. The molecule has 1 fully saturated rings. The zero-order valence-corrected chi connectivity index (χ0v) is 11.4. The van der Waals surface area contributed by atoms with Crippen molar-refractivity contribution in [3.8, 4) is 0 Å². The molecule has 0 aromatic rings. The topological polar surface area (TPSA) is 49.4 Å². The van der Waals surface area contributed by atoms with E-state index in [-0.39, 0.29) is 23.3 Å². The maximum Gasteiger partial charge on any atom is 0.225 e. The van der Waals surface area contributed by atoms with Crippen molar-refractivity contribution < 1.29 is 9.59 Å². The first kappa shape index (κ1) is 14.0. The molecule has 0 aromatic carbocycles. The molecule has 1 saturated heterocycles. The van der Waals surface area contributed by atoms with Crippen LogP contribution in [0, 0.1) is 5.92 Å². The zero-order valence-electron chi connectivity index (χ0n) is 11.4. The number of carbonyl (C=O) groups excluding carboxylic acids is 2. The first-order chi connectivity index (χ1) is 7.83. The van der Waals surface area contributed by atoms with Gasteiger partial charge in [0.2, 0.25) is 11.8 Å². The smallest absolute Gasteiger partial charge is 0.225 e. The van der Waals surface area contributed by atoms with Gasteiger partial charge in [-0.25, -0.2) is 0 Å². The third-order valence-electron chi connectivity index (χ3n) is 2.95. The summed E-state index contributed by atoms with van der Waals surface area (Å²) in [5, 5.41) is 2.99. The second-order valence-corrected chi connectivity index (χ2v) is 5.77. The lowest BCUT2D eigenvalue weighted by atomic mass is 9.95. The molecule has 1 heterocycles. The number of nitrogens with one attached hydrogen (secondary N) is 1. The summed E-state index contributed by atoms with van der Waals surface area (Å²) in [5.74, 6) is 0.183. The van der Waals surface area contributed by atoms with Gasteiger partial charge >= 0.3 is 0 Å². The lowest BCUT2D eigenvalue weighted by Crippen LogP contribution is -2.49. The molecular weight excluding hydrogens is 216 g/mol. The molecule has 0 saturated carbocycles. The molecule has 0 bridgehead atoms. The highest BCUT2D eigenvalue weighted by atomic mass is 16.2. The Morgan fingerprint density at radius 1 is 1.35 bits per heavy atom. The Hall–Kier alpha value is -1.06. The second-order valence-electron chi connectivity index (χ2n) is 5.77. The van der Waals surface area contributed by atoms with Gasteiger partial charge in [0, 0.05) is 25.0 Å². The monoisotopic (exact) mass is 240 g/mol. The van der Waals surface area contributed by atoms with Crippen molar-refractivity contribution in [2.45, 2.75) is 52.5 Å². The molecular formula is C13H24N2O2. The van der Waals surface area contributed by atoms with Crippen molar-refractivity contribution in [3.05, 3.63) is 0 Å². The normalized spacial score (nSPS) is 21.2. The Bertz CT molecular complexity index is 294. The molecule has 1 aliphatic rings. The van der Waals surface area contributed by atoms with Crippen molar-refractivity contribution in [1.29, 1.82) is 0 Å². The van der Waals surface area contributed by atoms with Crippen LogP contribution in [0.2, 0.25) is 0 Å². The van der Waals surface area contributed by atoms with E-state index in [1.165, 1.54) is 0 Å². The van der Waals surface area contributed by atoms with E-state index in [1.54, 1.807) is 0 Å². The lowest BCUT2D eigenvalue weighted by molar-refractivity contribution is -0.135. The number of likely N-dealkylation sites (tertiary alicyclic amines) is 1. The Morgan fingerprint density at radius 3 is 2.53 bits per heavy atom. The van der Waals surface area contributed by atoms with Crippen LogP contribution in [0.3, 0.4) is 0 Å². The van der Waals surface area contributed by atoms with E-state index in [0.717, 1.165) is 19.4 Å². The number of hydrogen-bond donors (Lipinski definition) is 1. The quantitative estimate of drug-likeness (QED) is 0.796. The average molecular weight is 240 g/mol. The number of carbonyl (C=O) groups is 2. The molecule has 0 spiro atoms. The summed E-state index contributed by atoms with van der Waals surface area (Å²) in [5.41, 5.74) is -0.200. The third-order valence-corrected chi connectivity index (χ3v) is 2.95. The Balaban J connectivity index is 2.55. The summed E-state index contributed by atoms with van der Waals surface area (Å²) in [4.78, 5) is 25.5. The summed E-state index contributed by atoms with van der Waals surface area (Å²) < 4.78 is 0. The minimum absolute atomic E-state index is 0.0431. The van der Waals surface area contributed by atoms with Gasteiger partial charge in [0.15, 0.2) is 0 Å². The number of amides is 2. The van der Waals surface area contributed by atoms with Gasteiger partial charge in [0.1, 0.15) is 0 Å². The van der Waals surface area contributed by atoms with E-state index < -0.39 is 0 Å². The molecule has 1 rings (SSSR count). The van der Waals surface area contributed by atoms with Crippen LogP contribution in [-0.2, 0) is 9.59 Å². The Kier molecular flexibility index (Phi) is 4.54. The molecule has 98 valence electrons. The summed E-state index contributed by atoms with van der Waals surface area (Å²) >= 11 is 0. The van der Waals surface area contributed by atoms with Crippen LogP contribution in [0.4, 0.5) is 0 Å². The zero-order chi connectivity index (χ0) is 13.1. The van der Waals surface area contributed by atoms with Gasteiger partial charge in [-0.3, -0.25) is 9.59 Å². The van der Waals surface area contributed by atoms with Gasteiger partial charge in [0.25, 0.3) is 0 Å². The summed E-state index contributed by atoms with van der Waals surface area (Å²) in [7, 11) is 0. The van der Waals surface area contributed by atoms with Gasteiger partial charge < -0.3 is 10.2 Å². The van der Waals surface area contributed by atoms with Crippen LogP contribution in [0.25, 0.3) is 0 Å². The fourth-order valence-electron chi connectivity index (χ4n) is 2.11. The molecule has 4 heteroatoms. The van der Waals surface area contributed by atoms with E-state index in [0.29, 0.717) is 13.0 Å². The maximum absolute atomic E-state index is 12.0. The maximum atomic E-state index is 12.0. The number of piperidine rings is 1. The van der Waals surface area contributed by atoms with Crippen LogP contribution in [0.1, 0.15) is 47.0 Å². The van der Waals surface area contributed by atoms with Crippen molar-refractivity contribution in [2.75, 3.05) is 13.1 Å². The number of nitrogens with zero attached hydrogens (tertiary/aromatic N) is 1. The minimum atomic E-state index is -0.200. The first-order valence-electron chi connectivity index (χ1n) is 6.43. The summed E-state index contributed by atoms with van der Waals surface area (Å²) in [6, 6.07) is 0. The average Bonchev–Trinajstić information content (AvgIpc) is 2.26. The number of rotatable bonds is 2. The predicted octanol–water partition coefficient (Wildman–Crippen LogP) is 1.55. The minimum Gasteiger partial charge on any atom is -0.351 e. The van der Waals surface area contributed by atoms with Crippen LogP contribution in [0.15, 0.2) is 0 Å². The number of hydrogen-bond acceptors (Lipinski definition) is 2. The van der Waals surface area contributed by atoms with Crippen molar-refractivity contribution in [1.82, 2.24) is 10.2 Å². The van der Waals surface area contributed by atoms with Gasteiger partial charge in [0.05, 0.1) is 5.92 Å². The molecule has 0 radical (unpaired) electrons. The van der Waals surface area contributed by atoms with E-state index in [9.17, 15) is 9.59 Å². The van der Waals surface area contributed by atoms with E-state index in [2.05, 4.69) is 5.32 Å². The summed E-state index contributed by atoms with van der Waals surface area (Å²) in [6.07, 6.45) is 2.33. The highest BCUT2D eigenvalue weighted by Gasteiger charge is 2.29. The molecule has 1 atom stereocenters. The van der Waals surface area contributed by atoms with Crippen LogP contribution >= 0.6 is 0 Å². The highest BCUT2D eigenvalue weighted by Crippen LogP contribution is 2.18. The van der Waals surface area contributed by atoms with E-state index >= 15 is 0 Å². The van der Waals surface area contributed by atoms with Gasteiger partial charge in [-0.05, 0) is 33.6 Å². The summed E-state index contributed by atoms with van der Waals surface area (Å²) in [6.45, 7) is 9.16. The van der Waals surface area contributed by atoms with Crippen LogP contribution in [-0.4, -0.2) is 35.3 Å². The second kappa shape index (κ2) is 5.52. The molecule has 1 N–H and O–H groups in total. The largest absolute Gasteiger partial charge is 0.351 e. The lowest BCUT2D eigenvalue weighted by Gasteiger charge is -2.33. The Labute approximate surface area is 104 Å². The van der Waals surface area contributed by atoms with Gasteiger partial charge in [-0.15, -0.1) is 0 Å². The standard InChI is InChI=1S/C13H24N2O2/c1-5-11(16)15-8-6-7-10(9-15)12(17)14-13(2,3)4/h10H,5-9H2,1-4H3,(H,14,17). The highest BCUT2D eigenvalue weighted by molar-refractivity contribution is 5.81. The SMILES string of the molecule is CCC(=O)N1CCCC(C(=O)NC(C)(C)C)C1. The molecule has 1 aliphatic heterocycles. The molecule has 4 nitrogen and oxygen atoms in total. The van der Waals surface area contributed by atoms with Crippen molar-refractivity contribution in [3.63, 3.8) is 0 Å². The molecule has 1 unspecified atom stereocenters. The van der Waals surface area contributed by atoms with Gasteiger partial charge in [-0.1, -0.05) is 6.92 Å². The van der Waals surface area contributed by atoms with Crippen molar-refractivity contribution >= 4 is 11.8 Å². The molecule has 2 amide bonds. The van der Waals surface area contributed by atoms with Crippen LogP contribution < -0.4 is 5.32 Å². The molecule has 0 aliphatic carbocycles. The molecule has 17 heavy (non-hydrogen) atoms. The fraction of sp³-hybridized carbons (Fsp3) is 0.846. The van der Waals surface area contributed by atoms with E-state index in [1.807, 2.05) is 32.6 Å². The molecule has 0 aromatic heterocycles. The van der Waals surface area contributed by atoms with Crippen LogP contribution in [0.5, 0.6) is 0 Å². The Morgan fingerprint density at radius 2 is 2.00 bits per heavy atom. The van der Waals surface area contributed by atoms with Crippen molar-refractivity contribution in [2.24, 2.45) is 5.92 Å². The fourth-order valence-corrected chi connectivity index (χ4v) is 2.11. The first-order valence-corrected chi connectivity index (χ1v) is 6.43. The van der Waals surface area contributed by atoms with E-state index in [4.69, 9.17) is 0 Å².